The maximum Gasteiger partial charge on any atom is 0.421 e. The number of ether oxygens (including phenoxy) is 1. The Morgan fingerprint density at radius 2 is 2.00 bits per heavy atom. The smallest absolute Gasteiger partial charge is 0.407 e. The Balaban J connectivity index is 1.73. The molecule has 3 aromatic rings. The van der Waals surface area contributed by atoms with E-state index in [1.165, 1.54) is 18.3 Å². The summed E-state index contributed by atoms with van der Waals surface area (Å²) in [5.74, 6) is -4.59. The second-order valence-electron chi connectivity index (χ2n) is 9.57. The third kappa shape index (κ3) is 4.66. The van der Waals surface area contributed by atoms with Gasteiger partial charge in [-0.15, -0.1) is 0 Å². The summed E-state index contributed by atoms with van der Waals surface area (Å²) in [6.45, 7) is 7.73. The first-order chi connectivity index (χ1) is 15.0. The van der Waals surface area contributed by atoms with Crippen molar-refractivity contribution in [2.45, 2.75) is 64.0 Å². The van der Waals surface area contributed by atoms with Gasteiger partial charge in [0.2, 0.25) is 0 Å². The van der Waals surface area contributed by atoms with Crippen molar-refractivity contribution in [3.05, 3.63) is 46.1 Å². The van der Waals surface area contributed by atoms with Crippen LogP contribution in [0.15, 0.2) is 27.5 Å². The van der Waals surface area contributed by atoms with Gasteiger partial charge in [-0.25, -0.2) is 18.7 Å². The van der Waals surface area contributed by atoms with Crippen LogP contribution in [0, 0.1) is 5.82 Å². The quantitative estimate of drug-likeness (QED) is 0.325. The molecule has 1 aliphatic carbocycles. The summed E-state index contributed by atoms with van der Waals surface area (Å²) in [6, 6.07) is 3.52. The molecular weight excluding hydrogens is 439 g/mol. The Bertz CT molecular complexity index is 1210. The summed E-state index contributed by atoms with van der Waals surface area (Å²) >= 11 is 0. The highest BCUT2D eigenvalue weighted by atomic mass is 28.3. The molecule has 0 unspecified atom stereocenters. The largest absolute Gasteiger partial charge is 0.421 e. The molecule has 0 aliphatic heterocycles. The number of benzene rings is 1. The fraction of sp³-hybridized carbons (Fsp3) is 0.500. The Kier molecular flexibility index (Phi) is 5.78. The van der Waals surface area contributed by atoms with E-state index in [0.29, 0.717) is 12.2 Å². The summed E-state index contributed by atoms with van der Waals surface area (Å²) in [7, 11) is -1.32. The normalized spacial score (nSPS) is 15.0. The molecule has 0 radical (unpaired) electrons. The molecule has 1 fully saturated rings. The van der Waals surface area contributed by atoms with Gasteiger partial charge < -0.3 is 9.15 Å². The Labute approximate surface area is 184 Å². The summed E-state index contributed by atoms with van der Waals surface area (Å²) in [5, 5.41) is 0. The zero-order valence-corrected chi connectivity index (χ0v) is 19.5. The topological polar surface area (TPSA) is 70.2 Å². The van der Waals surface area contributed by atoms with Gasteiger partial charge in [0.15, 0.2) is 11.4 Å². The maximum atomic E-state index is 14.7. The summed E-state index contributed by atoms with van der Waals surface area (Å²) in [5.41, 5.74) is 0.419. The van der Waals surface area contributed by atoms with Gasteiger partial charge in [0, 0.05) is 33.1 Å². The Hall–Kier alpha value is -2.46. The van der Waals surface area contributed by atoms with Crippen LogP contribution in [0.4, 0.5) is 13.2 Å². The average molecular weight is 466 g/mol. The van der Waals surface area contributed by atoms with Crippen molar-refractivity contribution < 1.29 is 22.3 Å². The van der Waals surface area contributed by atoms with E-state index in [4.69, 9.17) is 9.15 Å². The molecule has 2 aromatic heterocycles. The van der Waals surface area contributed by atoms with Crippen molar-refractivity contribution in [3.8, 4) is 11.3 Å². The summed E-state index contributed by atoms with van der Waals surface area (Å²) in [4.78, 5) is 20.9. The van der Waals surface area contributed by atoms with Crippen molar-refractivity contribution in [1.82, 2.24) is 14.5 Å². The van der Waals surface area contributed by atoms with E-state index in [1.54, 1.807) is 0 Å². The number of rotatable bonds is 8. The molecule has 6 nitrogen and oxygen atoms in total. The third-order valence-corrected chi connectivity index (χ3v) is 7.14. The highest BCUT2D eigenvalue weighted by Gasteiger charge is 2.37. The van der Waals surface area contributed by atoms with Crippen LogP contribution < -0.4 is 5.76 Å². The highest BCUT2D eigenvalue weighted by Crippen LogP contribution is 2.44. The number of oxazole rings is 1. The predicted octanol–water partition coefficient (Wildman–Crippen LogP) is 5.49. The first-order valence-electron chi connectivity index (χ1n) is 10.6. The molecule has 4 rings (SSSR count). The molecule has 0 atom stereocenters. The van der Waals surface area contributed by atoms with Crippen LogP contribution in [0.1, 0.15) is 37.1 Å². The summed E-state index contributed by atoms with van der Waals surface area (Å²) in [6.07, 6.45) is 2.74. The number of hydrogen-bond donors (Lipinski definition) is 0. The van der Waals surface area contributed by atoms with Gasteiger partial charge in [0.05, 0.1) is 17.6 Å². The number of nitrogens with zero attached hydrogens (tertiary/aromatic N) is 3. The minimum Gasteiger partial charge on any atom is -0.407 e. The van der Waals surface area contributed by atoms with E-state index in [0.717, 1.165) is 30.4 Å². The monoisotopic (exact) mass is 465 g/mol. The fourth-order valence-electron chi connectivity index (χ4n) is 3.50. The highest BCUT2D eigenvalue weighted by molar-refractivity contribution is 6.76. The van der Waals surface area contributed by atoms with E-state index in [-0.39, 0.29) is 40.8 Å². The summed E-state index contributed by atoms with van der Waals surface area (Å²) < 4.78 is 54.7. The van der Waals surface area contributed by atoms with Gasteiger partial charge in [-0.3, -0.25) is 4.98 Å². The lowest BCUT2D eigenvalue weighted by molar-refractivity contribution is 0.0113. The molecule has 1 saturated carbocycles. The minimum absolute atomic E-state index is 0.00384. The maximum absolute atomic E-state index is 14.7. The van der Waals surface area contributed by atoms with Crippen LogP contribution in [0.5, 0.6) is 0 Å². The minimum atomic E-state index is -3.12. The van der Waals surface area contributed by atoms with Crippen LogP contribution in [-0.4, -0.2) is 29.2 Å². The molecule has 1 aromatic carbocycles. The molecule has 0 spiro atoms. The molecule has 0 N–H and O–H groups in total. The van der Waals surface area contributed by atoms with Gasteiger partial charge in [-0.1, -0.05) is 19.6 Å². The molecular formula is C22H26F3N3O3Si. The lowest BCUT2D eigenvalue weighted by Crippen LogP contribution is -2.23. The lowest BCUT2D eigenvalue weighted by atomic mass is 10.1. The number of aromatic nitrogens is 3. The Morgan fingerprint density at radius 3 is 2.62 bits per heavy atom. The third-order valence-electron chi connectivity index (χ3n) is 5.43. The lowest BCUT2D eigenvalue weighted by Gasteiger charge is -2.15. The molecule has 1 aliphatic rings. The van der Waals surface area contributed by atoms with E-state index in [2.05, 4.69) is 29.6 Å². The first kappa shape index (κ1) is 22.7. The van der Waals surface area contributed by atoms with Crippen LogP contribution in [0.2, 0.25) is 25.7 Å². The number of alkyl halides is 2. The first-order valence-corrected chi connectivity index (χ1v) is 14.3. The second kappa shape index (κ2) is 8.15. The zero-order valence-electron chi connectivity index (χ0n) is 18.5. The molecule has 32 heavy (non-hydrogen) atoms. The van der Waals surface area contributed by atoms with Crippen molar-refractivity contribution in [3.63, 3.8) is 0 Å². The van der Waals surface area contributed by atoms with Crippen LogP contribution in [0.3, 0.4) is 0 Å². The van der Waals surface area contributed by atoms with E-state index >= 15 is 0 Å². The van der Waals surface area contributed by atoms with Crippen molar-refractivity contribution in [1.29, 1.82) is 0 Å². The van der Waals surface area contributed by atoms with Crippen LogP contribution in [-0.2, 0) is 17.4 Å². The van der Waals surface area contributed by atoms with Gasteiger partial charge in [0.1, 0.15) is 17.9 Å². The number of hydrogen-bond acceptors (Lipinski definition) is 5. The molecule has 0 saturated heterocycles. The molecule has 10 heteroatoms. The molecule has 0 amide bonds. The Morgan fingerprint density at radius 1 is 1.28 bits per heavy atom. The van der Waals surface area contributed by atoms with E-state index in [9.17, 15) is 18.0 Å². The van der Waals surface area contributed by atoms with Gasteiger partial charge in [0.25, 0.3) is 5.92 Å². The van der Waals surface area contributed by atoms with Crippen molar-refractivity contribution in [2.75, 3.05) is 6.61 Å². The standard InChI is InChI=1S/C22H26F3N3O3Si/c1-22(24,25)20-17(13-5-6-13)27-16(11-26-20)14-7-8-15(23)18-19(14)31-21(29)28(18)12-30-9-10-32(2,3)4/h7-8,11,13H,5-6,9-10,12H2,1-4H3. The van der Waals surface area contributed by atoms with Gasteiger partial charge in [-0.05, 0) is 31.0 Å². The van der Waals surface area contributed by atoms with E-state index in [1.807, 2.05) is 0 Å². The van der Waals surface area contributed by atoms with Crippen molar-refractivity contribution >= 4 is 19.2 Å². The van der Waals surface area contributed by atoms with Gasteiger partial charge >= 0.3 is 5.76 Å². The SMILES string of the molecule is CC(F)(F)c1ncc(-c2ccc(F)c3c2oc(=O)n3COCC[Si](C)(C)C)nc1C1CC1. The van der Waals surface area contributed by atoms with Crippen molar-refractivity contribution in [2.24, 2.45) is 0 Å². The molecule has 2 heterocycles. The second-order valence-corrected chi connectivity index (χ2v) is 15.2. The molecule has 172 valence electrons. The predicted molar refractivity (Wildman–Crippen MR) is 117 cm³/mol. The van der Waals surface area contributed by atoms with Crippen LogP contribution in [0.25, 0.3) is 22.4 Å². The number of fused-ring (bicyclic) bond motifs is 1. The number of halogens is 3. The van der Waals surface area contributed by atoms with Crippen LogP contribution >= 0.6 is 0 Å². The fourth-order valence-corrected chi connectivity index (χ4v) is 4.26. The van der Waals surface area contributed by atoms with Gasteiger partial charge in [-0.2, -0.15) is 8.78 Å². The average Bonchev–Trinajstić information content (AvgIpc) is 3.47. The molecule has 0 bridgehead atoms. The van der Waals surface area contributed by atoms with E-state index < -0.39 is 25.6 Å². The zero-order chi connectivity index (χ0) is 23.3.